The predicted molar refractivity (Wildman–Crippen MR) is 62.7 cm³/mol. The van der Waals surface area contributed by atoms with E-state index in [2.05, 4.69) is 10.3 Å². The summed E-state index contributed by atoms with van der Waals surface area (Å²) in [5.41, 5.74) is 1.91. The Balaban J connectivity index is 2.11. The Kier molecular flexibility index (Phi) is 3.15. The van der Waals surface area contributed by atoms with Crippen molar-refractivity contribution in [2.75, 3.05) is 5.32 Å². The molecule has 82 valence electrons. The minimum Gasteiger partial charge on any atom is -0.378 e. The Morgan fingerprint density at radius 1 is 1.19 bits per heavy atom. The summed E-state index contributed by atoms with van der Waals surface area (Å²) < 4.78 is 12.9. The van der Waals surface area contributed by atoms with Gasteiger partial charge in [-0.15, -0.1) is 0 Å². The van der Waals surface area contributed by atoms with Crippen molar-refractivity contribution in [3.05, 3.63) is 60.2 Å². The van der Waals surface area contributed by atoms with E-state index >= 15 is 0 Å². The lowest BCUT2D eigenvalue weighted by Gasteiger charge is -2.15. The second-order valence-electron chi connectivity index (χ2n) is 3.64. The van der Waals surface area contributed by atoms with Crippen LogP contribution in [0.4, 0.5) is 10.1 Å². The Morgan fingerprint density at radius 3 is 2.62 bits per heavy atom. The Labute approximate surface area is 94.2 Å². The van der Waals surface area contributed by atoms with Crippen molar-refractivity contribution in [2.24, 2.45) is 0 Å². The van der Waals surface area contributed by atoms with Gasteiger partial charge in [-0.05, 0) is 18.6 Å². The molecule has 0 bridgehead atoms. The summed E-state index contributed by atoms with van der Waals surface area (Å²) >= 11 is 0. The monoisotopic (exact) mass is 216 g/mol. The van der Waals surface area contributed by atoms with Crippen LogP contribution in [0.2, 0.25) is 0 Å². The van der Waals surface area contributed by atoms with Crippen LogP contribution in [-0.4, -0.2) is 4.98 Å². The third kappa shape index (κ3) is 2.57. The first-order valence-corrected chi connectivity index (χ1v) is 5.19. The highest BCUT2D eigenvalue weighted by atomic mass is 19.1. The minimum atomic E-state index is -0.467. The van der Waals surface area contributed by atoms with Gasteiger partial charge in [0.25, 0.3) is 0 Å². The summed E-state index contributed by atoms with van der Waals surface area (Å²) in [6.07, 6.45) is 1.45. The number of hydrogen-bond donors (Lipinski definition) is 1. The first kappa shape index (κ1) is 10.6. The smallest absolute Gasteiger partial charge is 0.214 e. The van der Waals surface area contributed by atoms with E-state index < -0.39 is 5.95 Å². The predicted octanol–water partition coefficient (Wildman–Crippen LogP) is 3.39. The first-order chi connectivity index (χ1) is 7.75. The third-order valence-corrected chi connectivity index (χ3v) is 2.41. The number of benzene rings is 1. The van der Waals surface area contributed by atoms with Gasteiger partial charge in [-0.1, -0.05) is 30.3 Å². The van der Waals surface area contributed by atoms with Gasteiger partial charge < -0.3 is 5.32 Å². The lowest BCUT2D eigenvalue weighted by atomic mass is 10.1. The fraction of sp³-hybridized carbons (Fsp3) is 0.154. The van der Waals surface area contributed by atoms with Gasteiger partial charge in [-0.2, -0.15) is 4.39 Å². The molecule has 0 aliphatic rings. The van der Waals surface area contributed by atoms with E-state index in [1.165, 1.54) is 17.8 Å². The number of pyridine rings is 1. The van der Waals surface area contributed by atoms with E-state index in [4.69, 9.17) is 0 Å². The summed E-state index contributed by atoms with van der Waals surface area (Å²) in [7, 11) is 0. The summed E-state index contributed by atoms with van der Waals surface area (Å²) in [5, 5.41) is 3.22. The van der Waals surface area contributed by atoms with Crippen molar-refractivity contribution in [3.63, 3.8) is 0 Å². The molecule has 2 aromatic rings. The molecule has 1 N–H and O–H groups in total. The number of nitrogens with one attached hydrogen (secondary N) is 1. The lowest BCUT2D eigenvalue weighted by molar-refractivity contribution is 0.584. The molecule has 0 radical (unpaired) electrons. The maximum absolute atomic E-state index is 12.9. The van der Waals surface area contributed by atoms with Crippen molar-refractivity contribution in [3.8, 4) is 0 Å². The summed E-state index contributed by atoms with van der Waals surface area (Å²) in [5.74, 6) is -0.467. The second-order valence-corrected chi connectivity index (χ2v) is 3.64. The molecular weight excluding hydrogens is 203 g/mol. The number of hydrogen-bond acceptors (Lipinski definition) is 2. The van der Waals surface area contributed by atoms with Crippen molar-refractivity contribution in [1.82, 2.24) is 4.98 Å². The van der Waals surface area contributed by atoms with Crippen LogP contribution in [0.25, 0.3) is 0 Å². The van der Waals surface area contributed by atoms with Crippen LogP contribution in [0.1, 0.15) is 18.5 Å². The topological polar surface area (TPSA) is 24.9 Å². The van der Waals surface area contributed by atoms with Crippen LogP contribution >= 0.6 is 0 Å². The molecule has 1 aromatic heterocycles. The fourth-order valence-corrected chi connectivity index (χ4v) is 1.57. The second kappa shape index (κ2) is 4.75. The van der Waals surface area contributed by atoms with E-state index in [-0.39, 0.29) is 6.04 Å². The molecule has 2 nitrogen and oxygen atoms in total. The van der Waals surface area contributed by atoms with Gasteiger partial charge in [0.15, 0.2) is 0 Å². The molecule has 3 heteroatoms. The lowest BCUT2D eigenvalue weighted by Crippen LogP contribution is -2.06. The van der Waals surface area contributed by atoms with Crippen LogP contribution < -0.4 is 5.32 Å². The maximum atomic E-state index is 12.9. The van der Waals surface area contributed by atoms with E-state index in [1.807, 2.05) is 37.3 Å². The molecule has 0 aliphatic heterocycles. The Bertz CT molecular complexity index is 456. The Hall–Kier alpha value is -1.90. The third-order valence-electron chi connectivity index (χ3n) is 2.41. The minimum absolute atomic E-state index is 0.142. The number of halogens is 1. The standard InChI is InChI=1S/C13H13FN2/c1-10(11-5-3-2-4-6-11)16-12-7-8-15-13(14)9-12/h2-10H,1H3,(H,15,16). The average Bonchev–Trinajstić information content (AvgIpc) is 2.30. The van der Waals surface area contributed by atoms with Gasteiger partial charge in [0.2, 0.25) is 5.95 Å². The highest BCUT2D eigenvalue weighted by molar-refractivity contribution is 5.43. The Morgan fingerprint density at radius 2 is 1.94 bits per heavy atom. The van der Waals surface area contributed by atoms with E-state index in [9.17, 15) is 4.39 Å². The zero-order chi connectivity index (χ0) is 11.4. The number of anilines is 1. The van der Waals surface area contributed by atoms with Crippen molar-refractivity contribution in [1.29, 1.82) is 0 Å². The van der Waals surface area contributed by atoms with Crippen LogP contribution in [-0.2, 0) is 0 Å². The van der Waals surface area contributed by atoms with Crippen LogP contribution in [0.15, 0.2) is 48.7 Å². The number of aromatic nitrogens is 1. The van der Waals surface area contributed by atoms with Crippen molar-refractivity contribution in [2.45, 2.75) is 13.0 Å². The molecule has 0 amide bonds. The van der Waals surface area contributed by atoms with Gasteiger partial charge >= 0.3 is 0 Å². The molecule has 0 fully saturated rings. The molecule has 1 heterocycles. The summed E-state index contributed by atoms with van der Waals surface area (Å²) in [6, 6.07) is 13.3. The van der Waals surface area contributed by atoms with Crippen molar-refractivity contribution < 1.29 is 4.39 Å². The van der Waals surface area contributed by atoms with Gasteiger partial charge in [0, 0.05) is 24.0 Å². The highest BCUT2D eigenvalue weighted by Gasteiger charge is 2.04. The summed E-state index contributed by atoms with van der Waals surface area (Å²) in [6.45, 7) is 2.04. The molecule has 1 unspecified atom stereocenters. The molecule has 2 rings (SSSR count). The number of nitrogens with zero attached hydrogens (tertiary/aromatic N) is 1. The average molecular weight is 216 g/mol. The SMILES string of the molecule is CC(Nc1ccnc(F)c1)c1ccccc1. The zero-order valence-electron chi connectivity index (χ0n) is 9.02. The van der Waals surface area contributed by atoms with Gasteiger partial charge in [-0.25, -0.2) is 4.98 Å². The molecule has 0 aliphatic carbocycles. The van der Waals surface area contributed by atoms with Gasteiger partial charge in [-0.3, -0.25) is 0 Å². The largest absolute Gasteiger partial charge is 0.378 e. The molecule has 16 heavy (non-hydrogen) atoms. The normalized spacial score (nSPS) is 12.1. The molecule has 1 aromatic carbocycles. The van der Waals surface area contributed by atoms with E-state index in [0.717, 1.165) is 5.69 Å². The summed E-state index contributed by atoms with van der Waals surface area (Å²) in [4.78, 5) is 3.51. The molecular formula is C13H13FN2. The zero-order valence-corrected chi connectivity index (χ0v) is 9.02. The van der Waals surface area contributed by atoms with E-state index in [1.54, 1.807) is 6.07 Å². The van der Waals surface area contributed by atoms with Gasteiger partial charge in [0.05, 0.1) is 0 Å². The molecule has 0 spiro atoms. The quantitative estimate of drug-likeness (QED) is 0.795. The van der Waals surface area contributed by atoms with Gasteiger partial charge in [0.1, 0.15) is 0 Å². The molecule has 1 atom stereocenters. The molecule has 0 saturated heterocycles. The highest BCUT2D eigenvalue weighted by Crippen LogP contribution is 2.18. The molecule has 0 saturated carbocycles. The fourth-order valence-electron chi connectivity index (χ4n) is 1.57. The van der Waals surface area contributed by atoms with Crippen LogP contribution in [0.5, 0.6) is 0 Å². The maximum Gasteiger partial charge on any atom is 0.214 e. The first-order valence-electron chi connectivity index (χ1n) is 5.19. The number of rotatable bonds is 3. The van der Waals surface area contributed by atoms with Crippen LogP contribution in [0, 0.1) is 5.95 Å². The van der Waals surface area contributed by atoms with E-state index in [0.29, 0.717) is 0 Å². The van der Waals surface area contributed by atoms with Crippen LogP contribution in [0.3, 0.4) is 0 Å². The van der Waals surface area contributed by atoms with Crippen molar-refractivity contribution >= 4 is 5.69 Å².